The smallest absolute Gasteiger partial charge is 0.303 e. The molecule has 0 aliphatic heterocycles. The van der Waals surface area contributed by atoms with Gasteiger partial charge in [0, 0.05) is 13.0 Å². The van der Waals surface area contributed by atoms with E-state index in [4.69, 9.17) is 9.84 Å². The Morgan fingerprint density at radius 2 is 1.54 bits per heavy atom. The van der Waals surface area contributed by atoms with Crippen LogP contribution >= 0.6 is 0 Å². The first kappa shape index (κ1) is 19.4. The molecule has 0 heterocycles. The molecule has 0 fully saturated rings. The summed E-state index contributed by atoms with van der Waals surface area (Å²) in [5.41, 5.74) is 2.60. The number of aryl methyl sites for hydroxylation is 1. The summed E-state index contributed by atoms with van der Waals surface area (Å²) in [4.78, 5) is 23.2. The fourth-order valence-corrected chi connectivity index (χ4v) is 3.11. The fraction of sp³-hybridized carbons (Fsp3) is 0.217. The summed E-state index contributed by atoms with van der Waals surface area (Å²) >= 11 is 0. The average molecular weight is 377 g/mol. The molecule has 0 spiro atoms. The molecule has 0 aliphatic rings. The molecule has 28 heavy (non-hydrogen) atoms. The van der Waals surface area contributed by atoms with Crippen molar-refractivity contribution >= 4 is 22.6 Å². The molecule has 1 amide bonds. The van der Waals surface area contributed by atoms with Gasteiger partial charge in [0.25, 0.3) is 5.91 Å². The van der Waals surface area contributed by atoms with E-state index in [0.717, 1.165) is 21.9 Å². The summed E-state index contributed by atoms with van der Waals surface area (Å²) in [5, 5.41) is 13.7. The molecule has 3 rings (SSSR count). The molecule has 0 atom stereocenters. The number of nitrogens with one attached hydrogen (secondary N) is 1. The second kappa shape index (κ2) is 9.04. The van der Waals surface area contributed by atoms with Gasteiger partial charge in [0.1, 0.15) is 5.75 Å². The largest absolute Gasteiger partial charge is 0.496 e. The zero-order chi connectivity index (χ0) is 19.9. The maximum Gasteiger partial charge on any atom is 0.303 e. The summed E-state index contributed by atoms with van der Waals surface area (Å²) in [6.07, 6.45) is 1.35. The highest BCUT2D eigenvalue weighted by atomic mass is 16.5. The molecule has 0 bridgehead atoms. The molecule has 0 unspecified atom stereocenters. The highest BCUT2D eigenvalue weighted by molar-refractivity contribution is 6.01. The molecule has 3 aromatic rings. The number of fused-ring (bicyclic) bond motifs is 1. The van der Waals surface area contributed by atoms with E-state index < -0.39 is 5.97 Å². The average Bonchev–Trinajstić information content (AvgIpc) is 2.72. The van der Waals surface area contributed by atoms with Crippen LogP contribution < -0.4 is 10.1 Å². The highest BCUT2D eigenvalue weighted by Crippen LogP contribution is 2.25. The normalized spacial score (nSPS) is 10.6. The molecule has 0 aromatic heterocycles. The molecule has 144 valence electrons. The van der Waals surface area contributed by atoms with Crippen molar-refractivity contribution in [2.45, 2.75) is 19.3 Å². The van der Waals surface area contributed by atoms with Crippen molar-refractivity contribution in [3.05, 3.63) is 77.4 Å². The van der Waals surface area contributed by atoms with Crippen LogP contribution in [-0.4, -0.2) is 30.6 Å². The second-order valence-electron chi connectivity index (χ2n) is 6.62. The molecule has 5 heteroatoms. The number of methoxy groups -OCH3 is 1. The summed E-state index contributed by atoms with van der Waals surface area (Å²) in [6, 6.07) is 19.4. The van der Waals surface area contributed by atoms with Gasteiger partial charge in [-0.1, -0.05) is 48.5 Å². The number of carbonyl (C=O) groups is 2. The molecule has 0 saturated heterocycles. The molecule has 0 aliphatic carbocycles. The Balaban J connectivity index is 1.60. The van der Waals surface area contributed by atoms with E-state index in [1.165, 1.54) is 0 Å². The number of carboxylic acid groups (broad SMARTS) is 1. The number of ether oxygens (including phenoxy) is 1. The van der Waals surface area contributed by atoms with Gasteiger partial charge in [0.15, 0.2) is 0 Å². The molecule has 0 saturated carbocycles. The van der Waals surface area contributed by atoms with Gasteiger partial charge in [-0.25, -0.2) is 0 Å². The zero-order valence-electron chi connectivity index (χ0n) is 15.8. The van der Waals surface area contributed by atoms with Crippen molar-refractivity contribution in [3.8, 4) is 5.75 Å². The van der Waals surface area contributed by atoms with E-state index in [1.54, 1.807) is 7.11 Å². The van der Waals surface area contributed by atoms with Crippen molar-refractivity contribution in [2.24, 2.45) is 0 Å². The van der Waals surface area contributed by atoms with E-state index in [0.29, 0.717) is 30.7 Å². The van der Waals surface area contributed by atoms with Crippen LogP contribution in [0.4, 0.5) is 0 Å². The van der Waals surface area contributed by atoms with Gasteiger partial charge in [-0.05, 0) is 46.9 Å². The predicted molar refractivity (Wildman–Crippen MR) is 109 cm³/mol. The van der Waals surface area contributed by atoms with Crippen molar-refractivity contribution < 1.29 is 19.4 Å². The van der Waals surface area contributed by atoms with E-state index in [-0.39, 0.29) is 12.3 Å². The van der Waals surface area contributed by atoms with E-state index in [1.807, 2.05) is 60.7 Å². The molecule has 0 radical (unpaired) electrons. The Bertz CT molecular complexity index is 980. The quantitative estimate of drug-likeness (QED) is 0.625. The van der Waals surface area contributed by atoms with Crippen LogP contribution in [0.1, 0.15) is 27.9 Å². The first-order chi connectivity index (χ1) is 13.6. The third-order valence-electron chi connectivity index (χ3n) is 4.66. The van der Waals surface area contributed by atoms with Crippen molar-refractivity contribution in [3.63, 3.8) is 0 Å². The maximum atomic E-state index is 12.6. The summed E-state index contributed by atoms with van der Waals surface area (Å²) in [6.45, 7) is 0.503. The van der Waals surface area contributed by atoms with E-state index in [2.05, 4.69) is 5.32 Å². The lowest BCUT2D eigenvalue weighted by atomic mass is 10.0. The van der Waals surface area contributed by atoms with E-state index >= 15 is 0 Å². The van der Waals surface area contributed by atoms with Crippen LogP contribution in [0, 0.1) is 0 Å². The number of hydrogen-bond donors (Lipinski definition) is 2. The Kier molecular flexibility index (Phi) is 6.27. The second-order valence-corrected chi connectivity index (χ2v) is 6.62. The third kappa shape index (κ3) is 4.88. The number of aliphatic carboxylic acids is 1. The maximum absolute atomic E-state index is 12.6. The van der Waals surface area contributed by atoms with Crippen molar-refractivity contribution in [2.75, 3.05) is 13.7 Å². The standard InChI is InChI=1S/C23H23NO4/c1-28-21-15-19-5-3-2-4-18(19)14-20(21)23(27)24-13-12-17-8-6-16(7-9-17)10-11-22(25)26/h2-9,14-15H,10-13H2,1H3,(H,24,27)(H,25,26). The first-order valence-corrected chi connectivity index (χ1v) is 9.21. The van der Waals surface area contributed by atoms with Gasteiger partial charge in [-0.2, -0.15) is 0 Å². The van der Waals surface area contributed by atoms with Crippen LogP contribution in [0.2, 0.25) is 0 Å². The van der Waals surface area contributed by atoms with E-state index in [9.17, 15) is 9.59 Å². The van der Waals surface area contributed by atoms with Gasteiger partial charge in [-0.15, -0.1) is 0 Å². The van der Waals surface area contributed by atoms with Gasteiger partial charge in [0.05, 0.1) is 12.7 Å². The van der Waals surface area contributed by atoms with Crippen LogP contribution in [0.15, 0.2) is 60.7 Å². The van der Waals surface area contributed by atoms with Crippen molar-refractivity contribution in [1.82, 2.24) is 5.32 Å². The minimum Gasteiger partial charge on any atom is -0.496 e. The lowest BCUT2D eigenvalue weighted by Crippen LogP contribution is -2.26. The Morgan fingerprint density at radius 3 is 2.14 bits per heavy atom. The first-order valence-electron chi connectivity index (χ1n) is 9.21. The third-order valence-corrected chi connectivity index (χ3v) is 4.66. The lowest BCUT2D eigenvalue weighted by Gasteiger charge is -2.11. The minimum absolute atomic E-state index is 0.128. The van der Waals surface area contributed by atoms with Gasteiger partial charge in [-0.3, -0.25) is 9.59 Å². The molecular weight excluding hydrogens is 354 g/mol. The molecule has 5 nitrogen and oxygen atoms in total. The molecular formula is C23H23NO4. The summed E-state index contributed by atoms with van der Waals surface area (Å²) < 4.78 is 5.39. The number of benzene rings is 3. The van der Waals surface area contributed by atoms with Gasteiger partial charge < -0.3 is 15.2 Å². The van der Waals surface area contributed by atoms with Crippen LogP contribution in [0.25, 0.3) is 10.8 Å². The van der Waals surface area contributed by atoms with Gasteiger partial charge in [0.2, 0.25) is 0 Å². The van der Waals surface area contributed by atoms with Crippen LogP contribution in [-0.2, 0) is 17.6 Å². The summed E-state index contributed by atoms with van der Waals surface area (Å²) in [5.74, 6) is -0.407. The predicted octanol–water partition coefficient (Wildman–Crippen LogP) is 3.84. The van der Waals surface area contributed by atoms with Gasteiger partial charge >= 0.3 is 5.97 Å². The monoisotopic (exact) mass is 377 g/mol. The number of amides is 1. The Morgan fingerprint density at radius 1 is 0.929 bits per heavy atom. The molecule has 2 N–H and O–H groups in total. The summed E-state index contributed by atoms with van der Waals surface area (Å²) in [7, 11) is 1.56. The van der Waals surface area contributed by atoms with Crippen LogP contribution in [0.5, 0.6) is 5.75 Å². The fourth-order valence-electron chi connectivity index (χ4n) is 3.11. The lowest BCUT2D eigenvalue weighted by molar-refractivity contribution is -0.136. The number of hydrogen-bond acceptors (Lipinski definition) is 3. The van der Waals surface area contributed by atoms with Crippen LogP contribution in [0.3, 0.4) is 0 Å². The molecule has 3 aromatic carbocycles. The zero-order valence-corrected chi connectivity index (χ0v) is 15.8. The Labute approximate surface area is 164 Å². The van der Waals surface area contributed by atoms with Crippen molar-refractivity contribution in [1.29, 1.82) is 0 Å². The number of rotatable bonds is 8. The SMILES string of the molecule is COc1cc2ccccc2cc1C(=O)NCCc1ccc(CCC(=O)O)cc1. The minimum atomic E-state index is -0.795. The Hall–Kier alpha value is -3.34. The number of carbonyl (C=O) groups excluding carboxylic acids is 1. The number of carboxylic acids is 1. The topological polar surface area (TPSA) is 75.6 Å². The highest BCUT2D eigenvalue weighted by Gasteiger charge is 2.13.